The lowest BCUT2D eigenvalue weighted by molar-refractivity contribution is -0.224. The van der Waals surface area contributed by atoms with Gasteiger partial charge in [0.15, 0.2) is 11.8 Å². The third-order valence-corrected chi connectivity index (χ3v) is 11.5. The van der Waals surface area contributed by atoms with E-state index in [1.54, 1.807) is 40.9 Å². The molecule has 3 aliphatic heterocycles. The van der Waals surface area contributed by atoms with Gasteiger partial charge in [-0.3, -0.25) is 28.8 Å². The Morgan fingerprint density at radius 3 is 2.37 bits per heavy atom. The number of likely N-dealkylation sites (N-methyl/N-ethyl adjacent to an activating group) is 1. The zero-order valence-electron chi connectivity index (χ0n) is 36.0. The van der Waals surface area contributed by atoms with Crippen molar-refractivity contribution in [3.63, 3.8) is 0 Å². The topological polar surface area (TPSA) is 182 Å². The highest BCUT2D eigenvalue weighted by atomic mass is 16.8. The van der Waals surface area contributed by atoms with Crippen molar-refractivity contribution in [2.45, 2.75) is 166 Å². The average Bonchev–Trinajstić information content (AvgIpc) is 3.73. The van der Waals surface area contributed by atoms with Crippen molar-refractivity contribution in [2.75, 3.05) is 27.2 Å². The van der Waals surface area contributed by atoms with Crippen molar-refractivity contribution in [2.24, 2.45) is 5.41 Å². The van der Waals surface area contributed by atoms with Gasteiger partial charge in [0.25, 0.3) is 0 Å². The summed E-state index contributed by atoms with van der Waals surface area (Å²) in [6.45, 7) is 9.28. The molecule has 3 N–H and O–H groups in total. The zero-order chi connectivity index (χ0) is 43.0. The molecular weight excluding hydrogens is 761 g/mol. The van der Waals surface area contributed by atoms with Crippen LogP contribution in [0.25, 0.3) is 6.08 Å². The van der Waals surface area contributed by atoms with Crippen molar-refractivity contribution < 1.29 is 52.9 Å². The number of fused-ring (bicyclic) bond motifs is 4. The van der Waals surface area contributed by atoms with E-state index >= 15 is 0 Å². The molecule has 0 radical (unpaired) electrons. The molecule has 0 aromatic heterocycles. The summed E-state index contributed by atoms with van der Waals surface area (Å²) in [4.78, 5) is 74.6. The van der Waals surface area contributed by atoms with E-state index in [0.717, 1.165) is 49.7 Å². The van der Waals surface area contributed by atoms with Gasteiger partial charge < -0.3 is 39.6 Å². The molecule has 328 valence electrons. The lowest BCUT2D eigenvalue weighted by atomic mass is 9.62. The number of hydroxylamine groups is 2. The summed E-state index contributed by atoms with van der Waals surface area (Å²) in [6.07, 6.45) is 7.59. The van der Waals surface area contributed by atoms with Gasteiger partial charge >= 0.3 is 11.9 Å². The van der Waals surface area contributed by atoms with E-state index in [-0.39, 0.29) is 51.3 Å². The Hall–Kier alpha value is -3.89. The largest absolute Gasteiger partial charge is 0.460 e. The first-order valence-electron chi connectivity index (χ1n) is 21.4. The van der Waals surface area contributed by atoms with Gasteiger partial charge in [-0.25, -0.2) is 0 Å². The molecular formula is C44H66N4O11. The first kappa shape index (κ1) is 46.2. The molecule has 4 fully saturated rings. The second-order valence-electron chi connectivity index (χ2n) is 17.6. The summed E-state index contributed by atoms with van der Waals surface area (Å²) in [5.41, 5.74) is -0.524. The molecule has 3 saturated heterocycles. The highest BCUT2D eigenvalue weighted by Crippen LogP contribution is 2.58. The van der Waals surface area contributed by atoms with Gasteiger partial charge in [0.2, 0.25) is 17.7 Å². The summed E-state index contributed by atoms with van der Waals surface area (Å²) in [5, 5.41) is 17.1. The summed E-state index contributed by atoms with van der Waals surface area (Å²) in [6, 6.07) is 5.69. The Morgan fingerprint density at radius 2 is 1.73 bits per heavy atom. The van der Waals surface area contributed by atoms with E-state index < -0.39 is 77.1 Å². The number of nitrogens with one attached hydrogen (secondary N) is 2. The van der Waals surface area contributed by atoms with Crippen LogP contribution in [-0.2, 0) is 54.3 Å². The molecule has 59 heavy (non-hydrogen) atoms. The fraction of sp³-hybridized carbons (Fsp3) is 0.705. The van der Waals surface area contributed by atoms with E-state index in [2.05, 4.69) is 24.5 Å². The fourth-order valence-electron chi connectivity index (χ4n) is 8.64. The van der Waals surface area contributed by atoms with E-state index in [9.17, 15) is 29.1 Å². The van der Waals surface area contributed by atoms with Gasteiger partial charge in [-0.2, -0.15) is 5.06 Å². The average molecular weight is 827 g/mol. The van der Waals surface area contributed by atoms with Gasteiger partial charge in [-0.1, -0.05) is 63.8 Å². The minimum Gasteiger partial charge on any atom is -0.460 e. The minimum absolute atomic E-state index is 0.0160. The summed E-state index contributed by atoms with van der Waals surface area (Å²) in [7, 11) is 3.35. The lowest BCUT2D eigenvalue weighted by Crippen LogP contribution is -2.69. The molecule has 1 aromatic rings. The van der Waals surface area contributed by atoms with Crippen molar-refractivity contribution >= 4 is 35.7 Å². The number of rotatable bonds is 21. The number of esters is 2. The van der Waals surface area contributed by atoms with Crippen LogP contribution in [0.4, 0.5) is 0 Å². The van der Waals surface area contributed by atoms with Gasteiger partial charge in [0.1, 0.15) is 35.4 Å². The number of carbonyl (C=O) groups is 5. The maximum Gasteiger partial charge on any atom is 0.327 e. The normalized spacial score (nSPS) is 26.2. The number of hydrogen-bond donors (Lipinski definition) is 3. The quantitative estimate of drug-likeness (QED) is 0.0908. The Balaban J connectivity index is 1.37. The third-order valence-electron chi connectivity index (χ3n) is 11.5. The highest BCUT2D eigenvalue weighted by molar-refractivity contribution is 5.94. The molecule has 3 amide bonds. The van der Waals surface area contributed by atoms with Gasteiger partial charge in [0.05, 0.1) is 19.2 Å². The van der Waals surface area contributed by atoms with E-state index in [0.29, 0.717) is 12.8 Å². The van der Waals surface area contributed by atoms with Crippen LogP contribution in [-0.4, -0.2) is 120 Å². The molecule has 2 unspecified atom stereocenters. The van der Waals surface area contributed by atoms with Crippen LogP contribution in [0.5, 0.6) is 0 Å². The summed E-state index contributed by atoms with van der Waals surface area (Å²) in [5.74, 6) is -2.98. The first-order valence-corrected chi connectivity index (χ1v) is 21.4. The Labute approximate surface area is 348 Å². The van der Waals surface area contributed by atoms with Crippen LogP contribution in [0.2, 0.25) is 0 Å². The molecule has 15 nitrogen and oxygen atoms in total. The standard InChI is InChI=1S/C44H66N4O11/c1-8-10-12-22-43(23-13-11-9-2)57-36-32-26-44(41(54)45-24-21-33(50)46-31(28-49)18-20-35(52)56-42(3,4)5)38(40(53)55-32)48(59-39(44)37(36)58-43)27-30-16-14-15-29(25-30)17-19-34(51)47(6)7/h14-17,19,25,31-32,36-39,49H,8-13,18,20-24,26-28H2,1-7H3,(H,45,54)(H,46,50)/t31-,32?,36-,37-,38-,39+,44?/m0/s1. The van der Waals surface area contributed by atoms with Crippen molar-refractivity contribution in [1.29, 1.82) is 0 Å². The van der Waals surface area contributed by atoms with E-state index in [4.69, 9.17) is 23.8 Å². The number of aliphatic hydroxyl groups excluding tert-OH is 1. The number of benzene rings is 1. The van der Waals surface area contributed by atoms with Gasteiger partial charge in [-0.05, 0) is 57.2 Å². The molecule has 1 aromatic carbocycles. The minimum atomic E-state index is -1.43. The molecule has 4 aliphatic rings. The maximum absolute atomic E-state index is 14.7. The van der Waals surface area contributed by atoms with Crippen molar-refractivity contribution in [3.05, 3.63) is 41.5 Å². The molecule has 1 saturated carbocycles. The summed E-state index contributed by atoms with van der Waals surface area (Å²) < 4.78 is 25.3. The number of carbonyl (C=O) groups excluding carboxylic acids is 5. The van der Waals surface area contributed by atoms with E-state index in [1.165, 1.54) is 16.0 Å². The molecule has 7 atom stereocenters. The lowest BCUT2D eigenvalue weighted by Gasteiger charge is -2.48. The van der Waals surface area contributed by atoms with Crippen LogP contribution in [0, 0.1) is 5.41 Å². The number of amides is 3. The second-order valence-corrected chi connectivity index (χ2v) is 17.6. The Kier molecular flexibility index (Phi) is 15.7. The number of unbranched alkanes of at least 4 members (excludes halogenated alkanes) is 4. The third kappa shape index (κ3) is 11.3. The number of aliphatic hydroxyl groups is 1. The zero-order valence-corrected chi connectivity index (χ0v) is 36.0. The molecule has 3 heterocycles. The van der Waals surface area contributed by atoms with Crippen molar-refractivity contribution in [3.8, 4) is 0 Å². The number of ether oxygens (including phenoxy) is 4. The van der Waals surface area contributed by atoms with Crippen LogP contribution in [0.1, 0.15) is 123 Å². The van der Waals surface area contributed by atoms with Crippen molar-refractivity contribution in [1.82, 2.24) is 20.6 Å². The SMILES string of the molecule is CCCCCC1(CCCCC)O[C@@H]2[C@H]3ON(Cc4cccc(C=CC(=O)N(C)C)c4)[C@H]4C(=O)OC(CC34C(=O)NCCC(=O)N[C@H](CO)CCC(=O)OC(C)(C)C)[C@@H]2O1. The predicted octanol–water partition coefficient (Wildman–Crippen LogP) is 4.33. The smallest absolute Gasteiger partial charge is 0.327 e. The first-order chi connectivity index (χ1) is 28.0. The highest BCUT2D eigenvalue weighted by Gasteiger charge is 2.76. The Morgan fingerprint density at radius 1 is 1.03 bits per heavy atom. The van der Waals surface area contributed by atoms with Crippen LogP contribution >= 0.6 is 0 Å². The number of hydrogen-bond acceptors (Lipinski definition) is 12. The maximum atomic E-state index is 14.7. The molecule has 2 bridgehead atoms. The molecule has 1 aliphatic carbocycles. The van der Waals surface area contributed by atoms with Gasteiger partial charge in [0, 0.05) is 58.8 Å². The molecule has 5 rings (SSSR count). The monoisotopic (exact) mass is 826 g/mol. The van der Waals surface area contributed by atoms with Crippen LogP contribution < -0.4 is 10.6 Å². The fourth-order valence-corrected chi connectivity index (χ4v) is 8.64. The Bertz CT molecular complexity index is 1670. The second kappa shape index (κ2) is 20.1. The van der Waals surface area contributed by atoms with Crippen LogP contribution in [0.15, 0.2) is 30.3 Å². The predicted molar refractivity (Wildman–Crippen MR) is 218 cm³/mol. The summed E-state index contributed by atoms with van der Waals surface area (Å²) >= 11 is 0. The van der Waals surface area contributed by atoms with E-state index in [1.807, 2.05) is 24.3 Å². The number of nitrogens with zero attached hydrogens (tertiary/aromatic N) is 2. The van der Waals surface area contributed by atoms with Crippen LogP contribution in [0.3, 0.4) is 0 Å². The molecule has 15 heteroatoms. The van der Waals surface area contributed by atoms with Gasteiger partial charge in [-0.15, -0.1) is 0 Å². The molecule has 0 spiro atoms.